The van der Waals surface area contributed by atoms with E-state index in [-0.39, 0.29) is 29.2 Å². The molecule has 0 saturated heterocycles. The lowest BCUT2D eigenvalue weighted by Crippen LogP contribution is -2.28. The molecule has 0 aliphatic carbocycles. The Hall–Kier alpha value is -3.22. The van der Waals surface area contributed by atoms with Crippen LogP contribution in [0.25, 0.3) is 11.1 Å². The van der Waals surface area contributed by atoms with E-state index in [0.29, 0.717) is 11.1 Å². The number of fused-ring (bicyclic) bond motifs is 1. The average molecular weight is 328 g/mol. The van der Waals surface area contributed by atoms with E-state index in [9.17, 15) is 19.8 Å². The molecule has 0 fully saturated rings. The Labute approximate surface area is 136 Å². The summed E-state index contributed by atoms with van der Waals surface area (Å²) in [5.41, 5.74) is 7.21. The predicted octanol–water partition coefficient (Wildman–Crippen LogP) is 2.11. The molecule has 0 aliphatic heterocycles. The first-order valence-electron chi connectivity index (χ1n) is 7.33. The Morgan fingerprint density at radius 2 is 2.00 bits per heavy atom. The molecule has 0 saturated carbocycles. The Bertz CT molecular complexity index is 986. The maximum atomic E-state index is 12.7. The number of carbonyl (C=O) groups is 1. The van der Waals surface area contributed by atoms with Gasteiger partial charge in [-0.15, -0.1) is 0 Å². The number of hydrogen-bond donors (Lipinski definition) is 3. The first-order valence-corrected chi connectivity index (χ1v) is 7.33. The van der Waals surface area contributed by atoms with Gasteiger partial charge in [0.15, 0.2) is 17.1 Å². The van der Waals surface area contributed by atoms with Crippen molar-refractivity contribution < 1.29 is 19.4 Å². The van der Waals surface area contributed by atoms with E-state index in [1.165, 1.54) is 12.1 Å². The summed E-state index contributed by atoms with van der Waals surface area (Å²) in [6.45, 7) is 1.67. The maximum absolute atomic E-state index is 12.7. The molecule has 3 rings (SSSR count). The Morgan fingerprint density at radius 3 is 2.71 bits per heavy atom. The fourth-order valence-corrected chi connectivity index (χ4v) is 2.63. The van der Waals surface area contributed by atoms with Crippen molar-refractivity contribution in [1.82, 2.24) is 4.57 Å². The van der Waals surface area contributed by atoms with Gasteiger partial charge in [-0.1, -0.05) is 19.1 Å². The number of para-hydroxylation sites is 1. The second kappa shape index (κ2) is 5.77. The van der Waals surface area contributed by atoms with Crippen LogP contribution in [0.3, 0.4) is 0 Å². The second-order valence-electron chi connectivity index (χ2n) is 5.67. The highest BCUT2D eigenvalue weighted by Crippen LogP contribution is 2.26. The van der Waals surface area contributed by atoms with Crippen LogP contribution in [0.5, 0.6) is 11.5 Å². The zero-order chi connectivity index (χ0) is 17.4. The molecule has 1 aromatic heterocycles. The summed E-state index contributed by atoms with van der Waals surface area (Å²) in [6, 6.07) is 9.15. The van der Waals surface area contributed by atoms with Crippen molar-refractivity contribution in [2.45, 2.75) is 13.3 Å². The predicted molar refractivity (Wildman–Crippen MR) is 88.2 cm³/mol. The van der Waals surface area contributed by atoms with Crippen LogP contribution in [0, 0.1) is 5.92 Å². The topological polar surface area (TPSA) is 119 Å². The third kappa shape index (κ3) is 2.60. The highest BCUT2D eigenvalue weighted by molar-refractivity contribution is 5.94. The van der Waals surface area contributed by atoms with Gasteiger partial charge in [-0.3, -0.25) is 4.79 Å². The average Bonchev–Trinajstić information content (AvgIpc) is 2.88. The van der Waals surface area contributed by atoms with Gasteiger partial charge < -0.3 is 20.4 Å². The van der Waals surface area contributed by atoms with Crippen LogP contribution in [0.15, 0.2) is 45.6 Å². The monoisotopic (exact) mass is 328 g/mol. The molecular weight excluding hydrogens is 312 g/mol. The van der Waals surface area contributed by atoms with E-state index in [4.69, 9.17) is 10.2 Å². The number of oxazole rings is 1. The summed E-state index contributed by atoms with van der Waals surface area (Å²) in [6.07, 6.45) is 0.286. The lowest BCUT2D eigenvalue weighted by molar-refractivity contribution is 0.0840. The number of hydrogen-bond acceptors (Lipinski definition) is 6. The van der Waals surface area contributed by atoms with Gasteiger partial charge in [-0.05, 0) is 36.2 Å². The van der Waals surface area contributed by atoms with Crippen molar-refractivity contribution in [3.8, 4) is 11.5 Å². The fourth-order valence-electron chi connectivity index (χ4n) is 2.63. The van der Waals surface area contributed by atoms with E-state index in [2.05, 4.69) is 0 Å². The number of nitrogens with zero attached hydrogens (tertiary/aromatic N) is 1. The normalized spacial score (nSPS) is 12.4. The zero-order valence-electron chi connectivity index (χ0n) is 12.9. The van der Waals surface area contributed by atoms with Crippen molar-refractivity contribution >= 4 is 22.7 Å². The van der Waals surface area contributed by atoms with E-state index in [0.717, 1.165) is 4.57 Å². The number of anilines is 1. The summed E-state index contributed by atoms with van der Waals surface area (Å²) in [5.74, 6) is -2.25. The van der Waals surface area contributed by atoms with Crippen LogP contribution in [-0.2, 0) is 6.42 Å². The lowest BCUT2D eigenvalue weighted by Gasteiger charge is -2.11. The van der Waals surface area contributed by atoms with Gasteiger partial charge in [0.2, 0.25) is 5.91 Å². The smallest absolute Gasteiger partial charge is 0.426 e. The molecule has 24 heavy (non-hydrogen) atoms. The van der Waals surface area contributed by atoms with E-state index in [1.807, 2.05) is 0 Å². The number of nitrogens with two attached hydrogens (primary N) is 1. The highest BCUT2D eigenvalue weighted by atomic mass is 16.4. The van der Waals surface area contributed by atoms with Crippen molar-refractivity contribution in [1.29, 1.82) is 0 Å². The van der Waals surface area contributed by atoms with Crippen molar-refractivity contribution in [2.75, 3.05) is 5.73 Å². The Morgan fingerprint density at radius 1 is 1.25 bits per heavy atom. The fraction of sp³-hybridized carbons (Fsp3) is 0.176. The molecule has 7 nitrogen and oxygen atoms in total. The molecule has 1 atom stereocenters. The van der Waals surface area contributed by atoms with Gasteiger partial charge in [0, 0.05) is 5.92 Å². The second-order valence-corrected chi connectivity index (χ2v) is 5.67. The summed E-state index contributed by atoms with van der Waals surface area (Å²) in [4.78, 5) is 24.7. The minimum absolute atomic E-state index is 0.185. The quantitative estimate of drug-likeness (QED) is 0.500. The van der Waals surface area contributed by atoms with E-state index >= 15 is 0 Å². The van der Waals surface area contributed by atoms with Gasteiger partial charge in [-0.2, -0.15) is 0 Å². The standard InChI is InChI=1S/C17H16N2O5/c1-9(7-10-5-6-13(20)14(21)8-10)16(22)19-12-4-2-3-11(18)15(12)24-17(19)23/h2-6,8-9,20-21H,7,18H2,1H3. The largest absolute Gasteiger partial charge is 0.504 e. The third-order valence-electron chi connectivity index (χ3n) is 3.86. The van der Waals surface area contributed by atoms with Crippen LogP contribution in [0.4, 0.5) is 5.69 Å². The SMILES string of the molecule is CC(Cc1ccc(O)c(O)c1)C(=O)n1c(=O)oc2c(N)cccc21. The molecule has 0 amide bonds. The van der Waals surface area contributed by atoms with Crippen molar-refractivity contribution in [3.63, 3.8) is 0 Å². The van der Waals surface area contributed by atoms with E-state index < -0.39 is 17.6 Å². The third-order valence-corrected chi connectivity index (χ3v) is 3.86. The van der Waals surface area contributed by atoms with Crippen molar-refractivity contribution in [2.24, 2.45) is 5.92 Å². The molecule has 4 N–H and O–H groups in total. The van der Waals surface area contributed by atoms with Gasteiger partial charge in [-0.25, -0.2) is 9.36 Å². The minimum Gasteiger partial charge on any atom is -0.504 e. The minimum atomic E-state index is -0.784. The highest BCUT2D eigenvalue weighted by Gasteiger charge is 2.22. The molecule has 0 bridgehead atoms. The molecule has 0 aliphatic rings. The molecule has 0 radical (unpaired) electrons. The molecule has 1 heterocycles. The van der Waals surface area contributed by atoms with Gasteiger partial charge in [0.05, 0.1) is 5.69 Å². The summed E-state index contributed by atoms with van der Waals surface area (Å²) >= 11 is 0. The molecule has 0 spiro atoms. The number of phenols is 2. The van der Waals surface area contributed by atoms with Crippen molar-refractivity contribution in [3.05, 3.63) is 52.5 Å². The molecule has 7 heteroatoms. The number of aromatic hydroxyl groups is 2. The van der Waals surface area contributed by atoms with Crippen LogP contribution >= 0.6 is 0 Å². The molecule has 1 unspecified atom stereocenters. The lowest BCUT2D eigenvalue weighted by atomic mass is 10.00. The molecule has 124 valence electrons. The van der Waals surface area contributed by atoms with Gasteiger partial charge in [0.1, 0.15) is 5.52 Å². The zero-order valence-corrected chi connectivity index (χ0v) is 12.9. The number of carbonyl (C=O) groups excluding carboxylic acids is 1. The van der Waals surface area contributed by atoms with Crippen LogP contribution in [0.1, 0.15) is 17.3 Å². The van der Waals surface area contributed by atoms with E-state index in [1.54, 1.807) is 31.2 Å². The number of benzene rings is 2. The van der Waals surface area contributed by atoms with Gasteiger partial charge >= 0.3 is 5.76 Å². The number of rotatable bonds is 3. The van der Waals surface area contributed by atoms with Crippen LogP contribution < -0.4 is 11.5 Å². The maximum Gasteiger partial charge on any atom is 0.426 e. The molecule has 3 aromatic rings. The first kappa shape index (κ1) is 15.7. The summed E-state index contributed by atoms with van der Waals surface area (Å²) < 4.78 is 6.04. The van der Waals surface area contributed by atoms with Crippen LogP contribution in [-0.4, -0.2) is 20.7 Å². The van der Waals surface area contributed by atoms with Gasteiger partial charge in [0.25, 0.3) is 0 Å². The molecular formula is C17H16N2O5. The number of aromatic nitrogens is 1. The van der Waals surface area contributed by atoms with Crippen LogP contribution in [0.2, 0.25) is 0 Å². The summed E-state index contributed by atoms with van der Waals surface area (Å²) in [7, 11) is 0. The number of phenolic OH excluding ortho intramolecular Hbond substituents is 2. The Kier molecular flexibility index (Phi) is 3.76. The number of nitrogen functional groups attached to an aromatic ring is 1. The summed E-state index contributed by atoms with van der Waals surface area (Å²) in [5, 5.41) is 18.9. The molecule has 2 aromatic carbocycles. The first-order chi connectivity index (χ1) is 11.4. The Balaban J connectivity index is 1.94.